The molecule has 1 fully saturated rings. The van der Waals surface area contributed by atoms with Crippen molar-refractivity contribution in [2.45, 2.75) is 31.4 Å². The van der Waals surface area contributed by atoms with Crippen molar-refractivity contribution in [3.63, 3.8) is 0 Å². The number of hydrogen-bond donors (Lipinski definition) is 0. The zero-order valence-corrected chi connectivity index (χ0v) is 8.63. The van der Waals surface area contributed by atoms with Crippen LogP contribution in [0.25, 0.3) is 0 Å². The highest BCUT2D eigenvalue weighted by atomic mass is 35.5. The minimum absolute atomic E-state index is 0.283. The zero-order chi connectivity index (χ0) is 10.6. The van der Waals surface area contributed by atoms with Crippen LogP contribution in [0, 0.1) is 17.2 Å². The molecule has 1 saturated heterocycles. The van der Waals surface area contributed by atoms with Gasteiger partial charge in [0.05, 0.1) is 12.0 Å². The quantitative estimate of drug-likeness (QED) is 0.568. The predicted molar refractivity (Wildman–Crippen MR) is 49.9 cm³/mol. The molecule has 0 unspecified atom stereocenters. The summed E-state index contributed by atoms with van der Waals surface area (Å²) in [6.07, 6.45) is 0.425. The summed E-state index contributed by atoms with van der Waals surface area (Å²) in [7, 11) is 0. The average molecular weight is 213 g/mol. The van der Waals surface area contributed by atoms with Crippen molar-refractivity contribution < 1.29 is 9.53 Å². The van der Waals surface area contributed by atoms with Crippen molar-refractivity contribution in [2.75, 3.05) is 0 Å². The topological polar surface area (TPSA) is 62.5 Å². The van der Waals surface area contributed by atoms with E-state index < -0.39 is 23.0 Å². The molecule has 3 rings (SSSR count). The first-order valence-corrected chi connectivity index (χ1v) is 4.69. The summed E-state index contributed by atoms with van der Waals surface area (Å²) in [4.78, 5) is 15.6. The van der Waals surface area contributed by atoms with Gasteiger partial charge in [-0.3, -0.25) is 4.99 Å². The molecule has 3 aliphatic heterocycles. The fraction of sp³-hybridized carbons (Fsp3) is 0.667. The molecule has 0 radical (unpaired) electrons. The second-order valence-corrected chi connectivity index (χ2v) is 4.41. The molecule has 0 N–H and O–H groups in total. The predicted octanol–water partition coefficient (Wildman–Crippen LogP) is 1.24. The fourth-order valence-electron chi connectivity index (χ4n) is 1.82. The average Bonchev–Trinajstić information content (AvgIpc) is 2.09. The van der Waals surface area contributed by atoms with E-state index in [1.54, 1.807) is 13.8 Å². The van der Waals surface area contributed by atoms with Gasteiger partial charge >= 0.3 is 5.97 Å². The van der Waals surface area contributed by atoms with E-state index in [1.165, 1.54) is 0 Å². The lowest BCUT2D eigenvalue weighted by molar-refractivity contribution is -0.171. The summed E-state index contributed by atoms with van der Waals surface area (Å²) < 4.78 is 5.17. The molecule has 3 heterocycles. The van der Waals surface area contributed by atoms with E-state index in [2.05, 4.69) is 11.1 Å². The molecule has 0 aromatic heterocycles. The molecule has 0 spiro atoms. The molecule has 0 aliphatic carbocycles. The molecular formula is C9H9ClN2O2. The Bertz CT molecular complexity index is 387. The first-order valence-electron chi connectivity index (χ1n) is 4.31. The summed E-state index contributed by atoms with van der Waals surface area (Å²) in [5.74, 6) is -0.904. The SMILES string of the molecule is C[C@]12C[C@H](C#N)[C@](C)(N=C1Cl)C(=O)O2. The maximum atomic E-state index is 11.6. The normalized spacial score (nSPS) is 45.4. The summed E-state index contributed by atoms with van der Waals surface area (Å²) in [6, 6.07) is 2.09. The molecule has 3 atom stereocenters. The van der Waals surface area contributed by atoms with Crippen molar-refractivity contribution >= 4 is 22.7 Å². The van der Waals surface area contributed by atoms with Gasteiger partial charge in [0.25, 0.3) is 0 Å². The Hall–Kier alpha value is -1.08. The van der Waals surface area contributed by atoms with Gasteiger partial charge in [-0.15, -0.1) is 0 Å². The van der Waals surface area contributed by atoms with Crippen molar-refractivity contribution in [1.82, 2.24) is 0 Å². The smallest absolute Gasteiger partial charge is 0.336 e. The Morgan fingerprint density at radius 3 is 2.93 bits per heavy atom. The molecule has 4 nitrogen and oxygen atoms in total. The summed E-state index contributed by atoms with van der Waals surface area (Å²) >= 11 is 5.90. The van der Waals surface area contributed by atoms with Gasteiger partial charge in [-0.25, -0.2) is 4.79 Å². The number of fused-ring (bicyclic) bond motifs is 2. The first kappa shape index (κ1) is 9.47. The van der Waals surface area contributed by atoms with E-state index in [4.69, 9.17) is 21.6 Å². The van der Waals surface area contributed by atoms with Crippen LogP contribution in [0.2, 0.25) is 0 Å². The lowest BCUT2D eigenvalue weighted by Gasteiger charge is -2.47. The molecule has 14 heavy (non-hydrogen) atoms. The highest BCUT2D eigenvalue weighted by molar-refractivity contribution is 6.67. The van der Waals surface area contributed by atoms with Gasteiger partial charge < -0.3 is 4.74 Å². The fourth-order valence-corrected chi connectivity index (χ4v) is 2.11. The van der Waals surface area contributed by atoms with E-state index in [-0.39, 0.29) is 5.17 Å². The third-order valence-electron chi connectivity index (χ3n) is 2.93. The van der Waals surface area contributed by atoms with Crippen molar-refractivity contribution in [1.29, 1.82) is 5.26 Å². The van der Waals surface area contributed by atoms with E-state index in [0.717, 1.165) is 0 Å². The Morgan fingerprint density at radius 2 is 2.36 bits per heavy atom. The number of nitrogens with zero attached hydrogens (tertiary/aromatic N) is 2. The van der Waals surface area contributed by atoms with Crippen LogP contribution in [-0.2, 0) is 9.53 Å². The molecule has 3 aliphatic rings. The lowest BCUT2D eigenvalue weighted by Crippen LogP contribution is -2.61. The Morgan fingerprint density at radius 1 is 1.71 bits per heavy atom. The molecular weight excluding hydrogens is 204 g/mol. The van der Waals surface area contributed by atoms with Gasteiger partial charge in [0.1, 0.15) is 5.17 Å². The van der Waals surface area contributed by atoms with Gasteiger partial charge in [0, 0.05) is 6.42 Å². The van der Waals surface area contributed by atoms with Gasteiger partial charge in [-0.05, 0) is 13.8 Å². The van der Waals surface area contributed by atoms with Crippen molar-refractivity contribution in [2.24, 2.45) is 10.9 Å². The zero-order valence-electron chi connectivity index (χ0n) is 7.87. The van der Waals surface area contributed by atoms with Gasteiger partial charge in [0.15, 0.2) is 11.1 Å². The highest BCUT2D eigenvalue weighted by Gasteiger charge is 2.59. The largest absolute Gasteiger partial charge is 0.450 e. The number of aliphatic imine (C=N–C) groups is 1. The van der Waals surface area contributed by atoms with Gasteiger partial charge in [-0.1, -0.05) is 11.6 Å². The Balaban J connectivity index is 2.58. The molecule has 0 aromatic carbocycles. The minimum Gasteiger partial charge on any atom is -0.450 e. The van der Waals surface area contributed by atoms with Crippen LogP contribution < -0.4 is 0 Å². The lowest BCUT2D eigenvalue weighted by atomic mass is 9.74. The van der Waals surface area contributed by atoms with Gasteiger partial charge in [0.2, 0.25) is 0 Å². The molecule has 74 valence electrons. The van der Waals surface area contributed by atoms with Crippen molar-refractivity contribution in [3.05, 3.63) is 0 Å². The molecule has 5 heteroatoms. The third-order valence-corrected chi connectivity index (χ3v) is 3.41. The molecule has 2 bridgehead atoms. The van der Waals surface area contributed by atoms with Crippen LogP contribution in [-0.4, -0.2) is 22.3 Å². The second kappa shape index (κ2) is 2.48. The molecule has 0 amide bonds. The highest BCUT2D eigenvalue weighted by Crippen LogP contribution is 2.45. The van der Waals surface area contributed by atoms with Crippen molar-refractivity contribution in [3.8, 4) is 6.07 Å². The van der Waals surface area contributed by atoms with Crippen LogP contribution in [0.4, 0.5) is 0 Å². The minimum atomic E-state index is -1.11. The molecule has 0 aromatic rings. The van der Waals surface area contributed by atoms with Crippen LogP contribution in [0.3, 0.4) is 0 Å². The number of halogens is 1. The number of carbonyl (C=O) groups is 1. The van der Waals surface area contributed by atoms with E-state index in [0.29, 0.717) is 6.42 Å². The maximum absolute atomic E-state index is 11.6. The number of nitriles is 1. The van der Waals surface area contributed by atoms with Crippen LogP contribution >= 0.6 is 11.6 Å². The molecule has 0 saturated carbocycles. The summed E-state index contributed by atoms with van der Waals surface area (Å²) in [5.41, 5.74) is -2.00. The monoisotopic (exact) mass is 212 g/mol. The first-order chi connectivity index (χ1) is 6.42. The van der Waals surface area contributed by atoms with Crippen LogP contribution in [0.1, 0.15) is 20.3 Å². The number of rotatable bonds is 0. The maximum Gasteiger partial charge on any atom is 0.336 e. The van der Waals surface area contributed by atoms with Crippen LogP contribution in [0.15, 0.2) is 4.99 Å². The summed E-state index contributed by atoms with van der Waals surface area (Å²) in [5, 5.41) is 9.21. The standard InChI is InChI=1S/C9H9ClN2O2/c1-8-3-5(4-11)9(2,7(13)14-8)12-6(8)10/h5H,3H2,1-2H3/t5-,8+,9+/m1/s1. The number of carbonyl (C=O) groups excluding carboxylic acids is 1. The van der Waals surface area contributed by atoms with E-state index in [1.807, 2.05) is 0 Å². The Kier molecular flexibility index (Phi) is 1.68. The number of hydrogen-bond acceptors (Lipinski definition) is 4. The Labute approximate surface area is 86.5 Å². The van der Waals surface area contributed by atoms with E-state index in [9.17, 15) is 4.79 Å². The summed E-state index contributed by atoms with van der Waals surface area (Å²) in [6.45, 7) is 3.27. The second-order valence-electron chi connectivity index (χ2n) is 4.06. The van der Waals surface area contributed by atoms with Gasteiger partial charge in [-0.2, -0.15) is 5.26 Å². The third kappa shape index (κ3) is 0.934. The number of esters is 1. The number of ether oxygens (including phenoxy) is 1. The van der Waals surface area contributed by atoms with E-state index >= 15 is 0 Å². The van der Waals surface area contributed by atoms with Crippen LogP contribution in [0.5, 0.6) is 0 Å².